The van der Waals surface area contributed by atoms with E-state index in [1.165, 1.54) is 12.8 Å². The van der Waals surface area contributed by atoms with Crippen molar-refractivity contribution in [3.63, 3.8) is 0 Å². The highest BCUT2D eigenvalue weighted by atomic mass is 16.2. The molecule has 9 heteroatoms. The van der Waals surface area contributed by atoms with Crippen molar-refractivity contribution in [2.24, 2.45) is 0 Å². The first kappa shape index (κ1) is 19.8. The molecule has 0 spiro atoms. The van der Waals surface area contributed by atoms with Gasteiger partial charge >= 0.3 is 0 Å². The summed E-state index contributed by atoms with van der Waals surface area (Å²) in [5.41, 5.74) is 3.10. The van der Waals surface area contributed by atoms with E-state index < -0.39 is 0 Å². The maximum absolute atomic E-state index is 13.0. The van der Waals surface area contributed by atoms with E-state index in [0.717, 1.165) is 42.0 Å². The highest BCUT2D eigenvalue weighted by Gasteiger charge is 2.33. The third kappa shape index (κ3) is 4.02. The first-order chi connectivity index (χ1) is 16.2. The fourth-order valence-electron chi connectivity index (χ4n) is 4.44. The summed E-state index contributed by atoms with van der Waals surface area (Å²) in [6.45, 7) is 1.25. The van der Waals surface area contributed by atoms with Gasteiger partial charge in [-0.1, -0.05) is 30.3 Å². The van der Waals surface area contributed by atoms with Crippen molar-refractivity contribution in [3.05, 3.63) is 66.0 Å². The van der Waals surface area contributed by atoms with Crippen molar-refractivity contribution in [2.75, 3.05) is 16.8 Å². The first-order valence-corrected chi connectivity index (χ1v) is 11.5. The summed E-state index contributed by atoms with van der Waals surface area (Å²) in [6.07, 6.45) is 6.02. The Balaban J connectivity index is 1.24. The van der Waals surface area contributed by atoms with Gasteiger partial charge < -0.3 is 15.5 Å². The molecule has 0 unspecified atom stereocenters. The number of anilines is 3. The molecular formula is C24H26N8O. The molecule has 1 saturated carbocycles. The van der Waals surface area contributed by atoms with Crippen molar-refractivity contribution in [1.82, 2.24) is 30.1 Å². The summed E-state index contributed by atoms with van der Waals surface area (Å²) < 4.78 is 1.80. The molecule has 1 saturated heterocycles. The van der Waals surface area contributed by atoms with Crippen LogP contribution in [0.25, 0.3) is 5.52 Å². The highest BCUT2D eigenvalue weighted by molar-refractivity contribution is 5.85. The molecule has 1 atom stereocenters. The van der Waals surface area contributed by atoms with Crippen LogP contribution in [0, 0.1) is 0 Å². The smallest absolute Gasteiger partial charge is 0.246 e. The average molecular weight is 443 g/mol. The van der Waals surface area contributed by atoms with Crippen LogP contribution in [0.4, 0.5) is 17.6 Å². The fourth-order valence-corrected chi connectivity index (χ4v) is 4.44. The second kappa shape index (κ2) is 8.23. The van der Waals surface area contributed by atoms with E-state index in [4.69, 9.17) is 10.1 Å². The number of rotatable bonds is 7. The van der Waals surface area contributed by atoms with E-state index in [9.17, 15) is 4.79 Å². The van der Waals surface area contributed by atoms with E-state index in [0.29, 0.717) is 24.2 Å². The van der Waals surface area contributed by atoms with Crippen LogP contribution in [0.1, 0.15) is 42.9 Å². The second-order valence-corrected chi connectivity index (χ2v) is 8.76. The zero-order chi connectivity index (χ0) is 22.2. The summed E-state index contributed by atoms with van der Waals surface area (Å²) in [4.78, 5) is 19.8. The van der Waals surface area contributed by atoms with Crippen LogP contribution in [0.2, 0.25) is 0 Å². The van der Waals surface area contributed by atoms with Crippen LogP contribution in [0.3, 0.4) is 0 Å². The molecule has 1 aliphatic heterocycles. The van der Waals surface area contributed by atoms with Gasteiger partial charge in [-0.3, -0.25) is 9.89 Å². The standard InChI is InChI=1S/C24H26N8O/c33-23(25-15-16-6-2-1-3-7-16)20-9-4-12-31(20)24-27-22(19-8-5-13-32(19)30-24)26-21-14-18(28-29-21)17-10-11-17/h1-3,5-8,13-14,17,20H,4,9-12,15H2,(H,25,33)(H2,26,27,28,29,30)/t20-/m0/s1. The normalized spacial score (nSPS) is 18.1. The average Bonchev–Trinajstić information content (AvgIpc) is 3.22. The number of amides is 1. The number of benzene rings is 1. The number of nitrogens with zero attached hydrogens (tertiary/aromatic N) is 5. The quantitative estimate of drug-likeness (QED) is 0.406. The minimum Gasteiger partial charge on any atom is -0.350 e. The Morgan fingerprint density at radius 1 is 1.12 bits per heavy atom. The van der Waals surface area contributed by atoms with E-state index >= 15 is 0 Å². The summed E-state index contributed by atoms with van der Waals surface area (Å²) in [5, 5.41) is 18.6. The number of hydrogen-bond donors (Lipinski definition) is 3. The SMILES string of the molecule is O=C(NCc1ccccc1)[C@@H]1CCCN1c1nc(Nc2cc(C3CC3)[nH]n2)c2cccn2n1. The zero-order valence-corrected chi connectivity index (χ0v) is 18.2. The van der Waals surface area contributed by atoms with Gasteiger partial charge in [-0.05, 0) is 43.4 Å². The maximum atomic E-state index is 13.0. The number of nitrogens with one attached hydrogen (secondary N) is 3. The molecule has 2 aliphatic rings. The lowest BCUT2D eigenvalue weighted by Crippen LogP contribution is -2.44. The Morgan fingerprint density at radius 3 is 2.85 bits per heavy atom. The number of aromatic nitrogens is 5. The van der Waals surface area contributed by atoms with Gasteiger partial charge in [0.05, 0.1) is 0 Å². The Labute approximate surface area is 191 Å². The molecule has 1 amide bonds. The van der Waals surface area contributed by atoms with Crippen molar-refractivity contribution < 1.29 is 4.79 Å². The van der Waals surface area contributed by atoms with Crippen LogP contribution in [-0.2, 0) is 11.3 Å². The molecule has 3 N–H and O–H groups in total. The Hall–Kier alpha value is -3.88. The van der Waals surface area contributed by atoms with Gasteiger partial charge in [0.2, 0.25) is 11.9 Å². The maximum Gasteiger partial charge on any atom is 0.246 e. The summed E-state index contributed by atoms with van der Waals surface area (Å²) in [5.74, 6) is 2.56. The van der Waals surface area contributed by atoms with E-state index in [2.05, 4.69) is 26.9 Å². The monoisotopic (exact) mass is 442 g/mol. The second-order valence-electron chi connectivity index (χ2n) is 8.76. The minimum absolute atomic E-state index is 0.00319. The summed E-state index contributed by atoms with van der Waals surface area (Å²) in [6, 6.07) is 15.6. The van der Waals surface area contributed by atoms with Gasteiger partial charge in [0.25, 0.3) is 0 Å². The largest absolute Gasteiger partial charge is 0.350 e. The van der Waals surface area contributed by atoms with Crippen LogP contribution < -0.4 is 15.5 Å². The molecule has 6 rings (SSSR count). The predicted octanol–water partition coefficient (Wildman–Crippen LogP) is 3.36. The molecule has 168 valence electrons. The van der Waals surface area contributed by atoms with Gasteiger partial charge in [-0.25, -0.2) is 4.52 Å². The molecule has 1 aromatic carbocycles. The number of fused-ring (bicyclic) bond motifs is 1. The molecule has 3 aromatic heterocycles. The third-order valence-corrected chi connectivity index (χ3v) is 6.36. The van der Waals surface area contributed by atoms with E-state index in [1.54, 1.807) is 4.52 Å². The van der Waals surface area contributed by atoms with Crippen LogP contribution in [-0.4, -0.2) is 43.3 Å². The lowest BCUT2D eigenvalue weighted by Gasteiger charge is -2.24. The van der Waals surface area contributed by atoms with Crippen LogP contribution in [0.5, 0.6) is 0 Å². The Morgan fingerprint density at radius 2 is 2.00 bits per heavy atom. The van der Waals surface area contributed by atoms with E-state index in [-0.39, 0.29) is 11.9 Å². The molecule has 0 bridgehead atoms. The molecular weight excluding hydrogens is 416 g/mol. The molecule has 4 heterocycles. The summed E-state index contributed by atoms with van der Waals surface area (Å²) >= 11 is 0. The lowest BCUT2D eigenvalue weighted by molar-refractivity contribution is -0.122. The van der Waals surface area contributed by atoms with Crippen molar-refractivity contribution in [2.45, 2.75) is 44.2 Å². The van der Waals surface area contributed by atoms with Gasteiger partial charge in [0, 0.05) is 37.0 Å². The van der Waals surface area contributed by atoms with Crippen molar-refractivity contribution in [3.8, 4) is 0 Å². The number of carbonyl (C=O) groups is 1. The summed E-state index contributed by atoms with van der Waals surface area (Å²) in [7, 11) is 0. The Bertz CT molecular complexity index is 1280. The molecule has 0 radical (unpaired) electrons. The van der Waals surface area contributed by atoms with E-state index in [1.807, 2.05) is 53.6 Å². The minimum atomic E-state index is -0.290. The number of H-pyrrole nitrogens is 1. The molecule has 1 aliphatic carbocycles. The van der Waals surface area contributed by atoms with Crippen molar-refractivity contribution in [1.29, 1.82) is 0 Å². The predicted molar refractivity (Wildman–Crippen MR) is 125 cm³/mol. The molecule has 4 aromatic rings. The zero-order valence-electron chi connectivity index (χ0n) is 18.2. The topological polar surface area (TPSA) is 103 Å². The van der Waals surface area contributed by atoms with Gasteiger partial charge in [0.15, 0.2) is 11.6 Å². The van der Waals surface area contributed by atoms with Crippen molar-refractivity contribution >= 4 is 29.0 Å². The molecule has 9 nitrogen and oxygen atoms in total. The Kier molecular flexibility index (Phi) is 4.93. The first-order valence-electron chi connectivity index (χ1n) is 11.5. The van der Waals surface area contributed by atoms with Crippen LogP contribution >= 0.6 is 0 Å². The molecule has 2 fully saturated rings. The number of carbonyl (C=O) groups excluding carboxylic acids is 1. The number of aromatic amines is 1. The fraction of sp³-hybridized carbons (Fsp3) is 0.333. The number of hydrogen-bond acceptors (Lipinski definition) is 6. The van der Waals surface area contributed by atoms with Gasteiger partial charge in [-0.15, -0.1) is 5.10 Å². The van der Waals surface area contributed by atoms with Gasteiger partial charge in [0.1, 0.15) is 11.6 Å². The third-order valence-electron chi connectivity index (χ3n) is 6.36. The van der Waals surface area contributed by atoms with Crippen LogP contribution in [0.15, 0.2) is 54.7 Å². The van der Waals surface area contributed by atoms with Gasteiger partial charge in [-0.2, -0.15) is 10.1 Å². The highest BCUT2D eigenvalue weighted by Crippen LogP contribution is 2.39. The lowest BCUT2D eigenvalue weighted by atomic mass is 10.2. The molecule has 33 heavy (non-hydrogen) atoms.